The highest BCUT2D eigenvalue weighted by molar-refractivity contribution is 5.80. The first-order valence-corrected chi connectivity index (χ1v) is 6.56. The highest BCUT2D eigenvalue weighted by Gasteiger charge is 2.41. The fraction of sp³-hybridized carbons (Fsp3) is 0.500. The van der Waals surface area contributed by atoms with E-state index in [0.29, 0.717) is 31.9 Å². The average Bonchev–Trinajstić information content (AvgIpc) is 2.47. The molecular weight excluding hydrogens is 284 g/mol. The molecule has 0 amide bonds. The van der Waals surface area contributed by atoms with Crippen LogP contribution in [0.3, 0.4) is 0 Å². The third-order valence-electron chi connectivity index (χ3n) is 3.70. The van der Waals surface area contributed by atoms with Gasteiger partial charge in [-0.1, -0.05) is 12.1 Å². The van der Waals surface area contributed by atoms with Gasteiger partial charge >= 0.3 is 12.6 Å². The van der Waals surface area contributed by atoms with Gasteiger partial charge in [0.2, 0.25) is 0 Å². The molecule has 1 atom stereocenters. The molecule has 0 saturated carbocycles. The quantitative estimate of drug-likeness (QED) is 0.900. The van der Waals surface area contributed by atoms with Crippen LogP contribution in [-0.2, 0) is 15.1 Å². The van der Waals surface area contributed by atoms with Crippen LogP contribution >= 0.6 is 0 Å². The van der Waals surface area contributed by atoms with Crippen molar-refractivity contribution in [3.8, 4) is 5.75 Å². The van der Waals surface area contributed by atoms with E-state index in [0.717, 1.165) is 0 Å². The summed E-state index contributed by atoms with van der Waals surface area (Å²) in [6.45, 7) is 0.631. The van der Waals surface area contributed by atoms with E-state index < -0.39 is 18.1 Å². The summed E-state index contributed by atoms with van der Waals surface area (Å²) in [6.07, 6.45) is 0. The Hall–Kier alpha value is -1.73. The lowest BCUT2D eigenvalue weighted by atomic mass is 9.89. The van der Waals surface area contributed by atoms with Crippen molar-refractivity contribution in [3.63, 3.8) is 0 Å². The number of ether oxygens (including phenoxy) is 2. The molecule has 1 N–H and O–H groups in total. The molecule has 1 heterocycles. The minimum atomic E-state index is -2.90. The number of benzene rings is 1. The van der Waals surface area contributed by atoms with E-state index in [1.807, 2.05) is 4.90 Å². The molecule has 0 spiro atoms. The lowest BCUT2D eigenvalue weighted by Gasteiger charge is -2.40. The van der Waals surface area contributed by atoms with Crippen molar-refractivity contribution in [2.75, 3.05) is 26.3 Å². The molecule has 5 nitrogen and oxygen atoms in total. The number of rotatable bonds is 5. The van der Waals surface area contributed by atoms with Crippen molar-refractivity contribution in [2.45, 2.75) is 19.1 Å². The Morgan fingerprint density at radius 2 is 1.90 bits per heavy atom. The van der Waals surface area contributed by atoms with Gasteiger partial charge in [-0.2, -0.15) is 8.78 Å². The Bertz CT molecular complexity index is 488. The second-order valence-corrected chi connectivity index (χ2v) is 4.88. The minimum absolute atomic E-state index is 0.00321. The summed E-state index contributed by atoms with van der Waals surface area (Å²) in [4.78, 5) is 13.6. The van der Waals surface area contributed by atoms with E-state index in [9.17, 15) is 18.7 Å². The number of alkyl halides is 2. The van der Waals surface area contributed by atoms with Crippen molar-refractivity contribution in [1.82, 2.24) is 4.90 Å². The van der Waals surface area contributed by atoms with Crippen molar-refractivity contribution in [3.05, 3.63) is 29.8 Å². The normalized spacial score (nSPS) is 19.2. The Labute approximate surface area is 121 Å². The third kappa shape index (κ3) is 3.30. The van der Waals surface area contributed by atoms with Gasteiger partial charge in [0, 0.05) is 13.1 Å². The van der Waals surface area contributed by atoms with E-state index in [4.69, 9.17) is 4.74 Å². The Morgan fingerprint density at radius 3 is 2.38 bits per heavy atom. The highest BCUT2D eigenvalue weighted by atomic mass is 19.3. The zero-order valence-corrected chi connectivity index (χ0v) is 11.6. The molecule has 0 radical (unpaired) electrons. The predicted octanol–water partition coefficient (Wildman–Crippen LogP) is 1.92. The number of carbonyl (C=O) groups is 1. The molecule has 1 aliphatic rings. The number of halogens is 2. The first kappa shape index (κ1) is 15.7. The summed E-state index contributed by atoms with van der Waals surface area (Å²) in [6, 6.07) is 5.70. The molecule has 0 bridgehead atoms. The maximum atomic E-state index is 12.1. The Morgan fingerprint density at radius 1 is 1.33 bits per heavy atom. The molecule has 0 aliphatic carbocycles. The number of hydrogen-bond acceptors (Lipinski definition) is 4. The molecule has 1 saturated heterocycles. The van der Waals surface area contributed by atoms with Crippen molar-refractivity contribution < 1.29 is 28.2 Å². The molecule has 21 heavy (non-hydrogen) atoms. The summed E-state index contributed by atoms with van der Waals surface area (Å²) in [5.74, 6) is -0.990. The van der Waals surface area contributed by atoms with Gasteiger partial charge in [0.15, 0.2) is 0 Å². The van der Waals surface area contributed by atoms with E-state index in [1.165, 1.54) is 24.3 Å². The summed E-state index contributed by atoms with van der Waals surface area (Å²) in [5, 5.41) is 9.62. The van der Waals surface area contributed by atoms with Crippen molar-refractivity contribution in [2.24, 2.45) is 0 Å². The van der Waals surface area contributed by atoms with E-state index in [2.05, 4.69) is 4.74 Å². The SMILES string of the molecule is CC(C(=O)O)(c1ccc(OC(F)F)cc1)N1CCOCC1. The maximum Gasteiger partial charge on any atom is 0.387 e. The molecule has 7 heteroatoms. The van der Waals surface area contributed by atoms with Crippen LogP contribution < -0.4 is 4.74 Å². The van der Waals surface area contributed by atoms with Crippen LogP contribution in [0.1, 0.15) is 12.5 Å². The maximum absolute atomic E-state index is 12.1. The summed E-state index contributed by atoms with van der Waals surface area (Å²) < 4.78 is 33.8. The fourth-order valence-electron chi connectivity index (χ4n) is 2.41. The first-order valence-electron chi connectivity index (χ1n) is 6.56. The summed E-state index contributed by atoms with van der Waals surface area (Å²) >= 11 is 0. The van der Waals surface area contributed by atoms with Gasteiger partial charge in [0.05, 0.1) is 13.2 Å². The molecule has 1 aliphatic heterocycles. The van der Waals surface area contributed by atoms with Crippen molar-refractivity contribution >= 4 is 5.97 Å². The van der Waals surface area contributed by atoms with Gasteiger partial charge in [-0.3, -0.25) is 4.90 Å². The number of carboxylic acid groups (broad SMARTS) is 1. The van der Waals surface area contributed by atoms with Crippen LogP contribution in [-0.4, -0.2) is 48.9 Å². The standard InChI is InChI=1S/C14H17F2NO4/c1-14(12(18)19,17-6-8-20-9-7-17)10-2-4-11(5-3-10)21-13(15)16/h2-5,13H,6-9H2,1H3,(H,18,19). The third-order valence-corrected chi connectivity index (χ3v) is 3.70. The van der Waals surface area contributed by atoms with Gasteiger partial charge in [-0.25, -0.2) is 4.79 Å². The number of morpholine rings is 1. The van der Waals surface area contributed by atoms with E-state index in [-0.39, 0.29) is 5.75 Å². The van der Waals surface area contributed by atoms with Crippen LogP contribution in [0, 0.1) is 0 Å². The predicted molar refractivity (Wildman–Crippen MR) is 70.5 cm³/mol. The Balaban J connectivity index is 2.27. The molecule has 2 rings (SSSR count). The molecule has 1 aromatic carbocycles. The molecule has 1 aromatic rings. The van der Waals surface area contributed by atoms with Crippen LogP contribution in [0.25, 0.3) is 0 Å². The minimum Gasteiger partial charge on any atom is -0.480 e. The number of nitrogens with zero attached hydrogens (tertiary/aromatic N) is 1. The summed E-state index contributed by atoms with van der Waals surface area (Å²) in [7, 11) is 0. The molecule has 0 aromatic heterocycles. The average molecular weight is 301 g/mol. The van der Waals surface area contributed by atoms with Crippen LogP contribution in [0.15, 0.2) is 24.3 Å². The zero-order chi connectivity index (χ0) is 15.5. The van der Waals surface area contributed by atoms with Gasteiger partial charge in [-0.15, -0.1) is 0 Å². The smallest absolute Gasteiger partial charge is 0.387 e. The lowest BCUT2D eigenvalue weighted by Crippen LogP contribution is -2.54. The fourth-order valence-corrected chi connectivity index (χ4v) is 2.41. The van der Waals surface area contributed by atoms with Gasteiger partial charge in [0.25, 0.3) is 0 Å². The van der Waals surface area contributed by atoms with Crippen molar-refractivity contribution in [1.29, 1.82) is 0 Å². The zero-order valence-electron chi connectivity index (χ0n) is 11.6. The van der Waals surface area contributed by atoms with Crippen LogP contribution in [0.5, 0.6) is 5.75 Å². The van der Waals surface area contributed by atoms with E-state index >= 15 is 0 Å². The molecular formula is C14H17F2NO4. The monoisotopic (exact) mass is 301 g/mol. The first-order chi connectivity index (χ1) is 9.94. The molecule has 1 fully saturated rings. The topological polar surface area (TPSA) is 59.0 Å². The molecule has 116 valence electrons. The van der Waals surface area contributed by atoms with Crippen LogP contribution in [0.2, 0.25) is 0 Å². The number of aliphatic carboxylic acids is 1. The highest BCUT2D eigenvalue weighted by Crippen LogP contribution is 2.31. The lowest BCUT2D eigenvalue weighted by molar-refractivity contribution is -0.154. The summed E-state index contributed by atoms with van der Waals surface area (Å²) in [5.41, 5.74) is -0.717. The van der Waals surface area contributed by atoms with Gasteiger partial charge < -0.3 is 14.6 Å². The second kappa shape index (κ2) is 6.36. The Kier molecular flexibility index (Phi) is 4.74. The number of carboxylic acids is 1. The van der Waals surface area contributed by atoms with Gasteiger partial charge in [0.1, 0.15) is 11.3 Å². The molecule has 1 unspecified atom stereocenters. The van der Waals surface area contributed by atoms with Crippen LogP contribution in [0.4, 0.5) is 8.78 Å². The number of hydrogen-bond donors (Lipinski definition) is 1. The van der Waals surface area contributed by atoms with E-state index in [1.54, 1.807) is 6.92 Å². The second-order valence-electron chi connectivity index (χ2n) is 4.88. The largest absolute Gasteiger partial charge is 0.480 e. The van der Waals surface area contributed by atoms with Gasteiger partial charge in [-0.05, 0) is 24.6 Å².